The number of ether oxygens (including phenoxy) is 2. The molecule has 6 nitrogen and oxygen atoms in total. The van der Waals surface area contributed by atoms with Gasteiger partial charge in [0, 0.05) is 19.7 Å². The maximum atomic E-state index is 15.3. The monoisotopic (exact) mass is 414 g/mol. The predicted octanol–water partition coefficient (Wildman–Crippen LogP) is 3.35. The number of nitrogens with zero attached hydrogens (tertiary/aromatic N) is 1. The zero-order valence-electron chi connectivity index (χ0n) is 18.1. The molecule has 164 valence electrons. The molecular weight excluding hydrogens is 382 g/mol. The summed E-state index contributed by atoms with van der Waals surface area (Å²) in [4.78, 5) is 25.7. The molecule has 0 radical (unpaired) electrons. The predicted molar refractivity (Wildman–Crippen MR) is 107 cm³/mol. The van der Waals surface area contributed by atoms with E-state index < -0.39 is 41.6 Å². The molecule has 0 fully saturated rings. The van der Waals surface area contributed by atoms with E-state index in [2.05, 4.69) is 5.32 Å². The van der Waals surface area contributed by atoms with Crippen LogP contribution in [0.4, 0.5) is 8.78 Å². The van der Waals surface area contributed by atoms with Gasteiger partial charge in [-0.3, -0.25) is 14.9 Å². The van der Waals surface area contributed by atoms with E-state index in [-0.39, 0.29) is 0 Å². The van der Waals surface area contributed by atoms with Crippen LogP contribution in [-0.4, -0.2) is 55.7 Å². The van der Waals surface area contributed by atoms with Gasteiger partial charge in [0.1, 0.15) is 11.4 Å². The summed E-state index contributed by atoms with van der Waals surface area (Å²) in [5, 5.41) is 2.38. The summed E-state index contributed by atoms with van der Waals surface area (Å²) in [6.45, 7) is 6.75. The number of carbonyl (C=O) groups excluding carboxylic acids is 2. The average molecular weight is 414 g/mol. The standard InChI is InChI=1S/C21H32F2N2O4/c1-7-8-12-28-16-11-9-10-15(13-16)21(22,23)18(19(27)29-20(2,3)4)24-14-17(26)25(5)6/h9-11,13,18,24H,7-8,12,14H2,1-6H3. The highest BCUT2D eigenvalue weighted by molar-refractivity contribution is 5.81. The van der Waals surface area contributed by atoms with Gasteiger partial charge in [0.2, 0.25) is 5.91 Å². The third kappa shape index (κ3) is 7.97. The Labute approximate surface area is 171 Å². The first-order valence-corrected chi connectivity index (χ1v) is 9.66. The molecule has 0 spiro atoms. The Balaban J connectivity index is 3.14. The lowest BCUT2D eigenvalue weighted by molar-refractivity contribution is -0.169. The fourth-order valence-electron chi connectivity index (χ4n) is 2.36. The number of hydrogen-bond acceptors (Lipinski definition) is 5. The SMILES string of the molecule is CCCCOc1cccc(C(F)(F)C(NCC(=O)N(C)C)C(=O)OC(C)(C)C)c1. The van der Waals surface area contributed by atoms with Crippen molar-refractivity contribution in [2.75, 3.05) is 27.2 Å². The van der Waals surface area contributed by atoms with Crippen molar-refractivity contribution in [2.24, 2.45) is 0 Å². The van der Waals surface area contributed by atoms with Crippen molar-refractivity contribution >= 4 is 11.9 Å². The van der Waals surface area contributed by atoms with E-state index in [1.165, 1.54) is 37.2 Å². The number of amides is 1. The molecule has 1 N–H and O–H groups in total. The van der Waals surface area contributed by atoms with Gasteiger partial charge in [-0.15, -0.1) is 0 Å². The van der Waals surface area contributed by atoms with Crippen molar-refractivity contribution in [3.8, 4) is 5.75 Å². The molecule has 1 atom stereocenters. The molecule has 8 heteroatoms. The molecular formula is C21H32F2N2O4. The lowest BCUT2D eigenvalue weighted by atomic mass is 10.00. The fraction of sp³-hybridized carbons (Fsp3) is 0.619. The minimum absolute atomic E-state index is 0.294. The second kappa shape index (κ2) is 10.5. The number of hydrogen-bond donors (Lipinski definition) is 1. The van der Waals surface area contributed by atoms with Gasteiger partial charge in [-0.25, -0.2) is 0 Å². The molecule has 0 aliphatic carbocycles. The second-order valence-corrected chi connectivity index (χ2v) is 7.99. The van der Waals surface area contributed by atoms with Crippen LogP contribution in [0.5, 0.6) is 5.75 Å². The molecule has 1 rings (SSSR count). The van der Waals surface area contributed by atoms with Crippen molar-refractivity contribution in [1.29, 1.82) is 0 Å². The van der Waals surface area contributed by atoms with Crippen LogP contribution in [0.15, 0.2) is 24.3 Å². The zero-order chi connectivity index (χ0) is 22.2. The smallest absolute Gasteiger partial charge is 0.330 e. The first-order valence-electron chi connectivity index (χ1n) is 9.66. The van der Waals surface area contributed by atoms with Gasteiger partial charge in [-0.2, -0.15) is 8.78 Å². The number of benzene rings is 1. The Morgan fingerprint density at radius 2 is 1.86 bits per heavy atom. The Kier molecular flexibility index (Phi) is 9.01. The Morgan fingerprint density at radius 3 is 2.41 bits per heavy atom. The molecule has 0 aliphatic heterocycles. The number of halogens is 2. The number of carbonyl (C=O) groups is 2. The number of esters is 1. The Hall–Kier alpha value is -2.22. The quantitative estimate of drug-likeness (QED) is 0.470. The molecule has 0 aliphatic rings. The molecule has 1 aromatic rings. The molecule has 0 aromatic heterocycles. The number of rotatable bonds is 10. The molecule has 1 aromatic carbocycles. The van der Waals surface area contributed by atoms with Crippen LogP contribution in [0.3, 0.4) is 0 Å². The van der Waals surface area contributed by atoms with Gasteiger partial charge in [0.25, 0.3) is 5.92 Å². The summed E-state index contributed by atoms with van der Waals surface area (Å²) >= 11 is 0. The van der Waals surface area contributed by atoms with Gasteiger partial charge in [-0.1, -0.05) is 25.5 Å². The summed E-state index contributed by atoms with van der Waals surface area (Å²) in [6.07, 6.45) is 1.72. The van der Waals surface area contributed by atoms with Crippen molar-refractivity contribution in [2.45, 2.75) is 58.1 Å². The van der Waals surface area contributed by atoms with Crippen molar-refractivity contribution in [1.82, 2.24) is 10.2 Å². The summed E-state index contributed by atoms with van der Waals surface area (Å²) in [5.74, 6) is -4.90. The highest BCUT2D eigenvalue weighted by Crippen LogP contribution is 2.35. The van der Waals surface area contributed by atoms with Crippen molar-refractivity contribution in [3.05, 3.63) is 29.8 Å². The number of nitrogens with one attached hydrogen (secondary N) is 1. The van der Waals surface area contributed by atoms with Crippen LogP contribution < -0.4 is 10.1 Å². The minimum Gasteiger partial charge on any atom is -0.494 e. The van der Waals surface area contributed by atoms with Crippen LogP contribution in [0.2, 0.25) is 0 Å². The maximum absolute atomic E-state index is 15.3. The van der Waals surface area contributed by atoms with E-state index in [4.69, 9.17) is 9.47 Å². The number of likely N-dealkylation sites (N-methyl/N-ethyl adjacent to an activating group) is 1. The van der Waals surface area contributed by atoms with Crippen LogP contribution >= 0.6 is 0 Å². The minimum atomic E-state index is -3.63. The van der Waals surface area contributed by atoms with Gasteiger partial charge < -0.3 is 14.4 Å². The normalized spacial score (nSPS) is 13.0. The van der Waals surface area contributed by atoms with Gasteiger partial charge in [-0.05, 0) is 39.3 Å². The fourth-order valence-corrected chi connectivity index (χ4v) is 2.36. The second-order valence-electron chi connectivity index (χ2n) is 7.99. The summed E-state index contributed by atoms with van der Waals surface area (Å²) in [5.41, 5.74) is -1.35. The van der Waals surface area contributed by atoms with Crippen LogP contribution in [0, 0.1) is 0 Å². The highest BCUT2D eigenvalue weighted by atomic mass is 19.3. The van der Waals surface area contributed by atoms with Crippen molar-refractivity contribution < 1.29 is 27.8 Å². The van der Waals surface area contributed by atoms with Gasteiger partial charge in [0.05, 0.1) is 13.2 Å². The van der Waals surface area contributed by atoms with Crippen LogP contribution in [0.25, 0.3) is 0 Å². The lowest BCUT2D eigenvalue weighted by Gasteiger charge is -2.30. The topological polar surface area (TPSA) is 67.9 Å². The molecule has 1 unspecified atom stereocenters. The van der Waals surface area contributed by atoms with E-state index >= 15 is 8.78 Å². The molecule has 0 heterocycles. The maximum Gasteiger partial charge on any atom is 0.330 e. The molecule has 0 saturated heterocycles. The van der Waals surface area contributed by atoms with E-state index in [1.807, 2.05) is 6.92 Å². The third-order valence-corrected chi connectivity index (χ3v) is 3.95. The van der Waals surface area contributed by atoms with E-state index in [9.17, 15) is 9.59 Å². The lowest BCUT2D eigenvalue weighted by Crippen LogP contribution is -2.53. The molecule has 1 amide bonds. The van der Waals surface area contributed by atoms with Crippen LogP contribution in [-0.2, 0) is 20.2 Å². The molecule has 29 heavy (non-hydrogen) atoms. The Bertz CT molecular complexity index is 688. The van der Waals surface area contributed by atoms with Gasteiger partial charge in [0.15, 0.2) is 6.04 Å². The van der Waals surface area contributed by atoms with Gasteiger partial charge >= 0.3 is 5.97 Å². The Morgan fingerprint density at radius 1 is 1.21 bits per heavy atom. The van der Waals surface area contributed by atoms with E-state index in [1.54, 1.807) is 26.8 Å². The number of alkyl halides is 2. The first-order chi connectivity index (χ1) is 13.4. The summed E-state index contributed by atoms with van der Waals surface area (Å²) in [7, 11) is 3.00. The van der Waals surface area contributed by atoms with E-state index in [0.717, 1.165) is 12.8 Å². The summed E-state index contributed by atoms with van der Waals surface area (Å²) in [6, 6.07) is 3.43. The molecule has 0 bridgehead atoms. The number of unbranched alkanes of at least 4 members (excludes halogenated alkanes) is 1. The van der Waals surface area contributed by atoms with E-state index in [0.29, 0.717) is 12.4 Å². The molecule has 0 saturated carbocycles. The van der Waals surface area contributed by atoms with Crippen LogP contribution in [0.1, 0.15) is 46.1 Å². The summed E-state index contributed by atoms with van der Waals surface area (Å²) < 4.78 is 41.3. The first kappa shape index (κ1) is 24.8. The third-order valence-electron chi connectivity index (χ3n) is 3.95. The highest BCUT2D eigenvalue weighted by Gasteiger charge is 2.48. The zero-order valence-corrected chi connectivity index (χ0v) is 18.1. The van der Waals surface area contributed by atoms with Crippen molar-refractivity contribution in [3.63, 3.8) is 0 Å². The average Bonchev–Trinajstić information content (AvgIpc) is 2.60. The largest absolute Gasteiger partial charge is 0.494 e.